The number of hydrogen-bond acceptors (Lipinski definition) is 5. The summed E-state index contributed by atoms with van der Waals surface area (Å²) < 4.78 is 20.2. The maximum Gasteiger partial charge on any atom is 0.261 e. The van der Waals surface area contributed by atoms with Crippen LogP contribution in [0, 0.1) is 5.82 Å². The van der Waals surface area contributed by atoms with Gasteiger partial charge in [-0.1, -0.05) is 24.3 Å². The molecule has 1 saturated heterocycles. The maximum absolute atomic E-state index is 13.5. The number of amides is 1. The van der Waals surface area contributed by atoms with Gasteiger partial charge in [-0.2, -0.15) is 0 Å². The molecule has 0 spiro atoms. The number of fused-ring (bicyclic) bond motifs is 1. The van der Waals surface area contributed by atoms with Gasteiger partial charge in [0.2, 0.25) is 5.91 Å². The molecule has 2 aromatic carbocycles. The smallest absolute Gasteiger partial charge is 0.261 e. The predicted octanol–water partition coefficient (Wildman–Crippen LogP) is 2.07. The summed E-state index contributed by atoms with van der Waals surface area (Å²) >= 11 is 0. The van der Waals surface area contributed by atoms with Gasteiger partial charge in [-0.3, -0.25) is 19.1 Å². The Kier molecular flexibility index (Phi) is 6.39. The third-order valence-electron chi connectivity index (χ3n) is 5.31. The Morgan fingerprint density at radius 2 is 2.10 bits per heavy atom. The molecule has 0 aliphatic carbocycles. The van der Waals surface area contributed by atoms with Crippen LogP contribution in [0.5, 0.6) is 0 Å². The average molecular weight is 424 g/mol. The van der Waals surface area contributed by atoms with Crippen LogP contribution < -0.4 is 10.9 Å². The number of benzene rings is 2. The van der Waals surface area contributed by atoms with Crippen molar-refractivity contribution >= 4 is 16.8 Å². The molecule has 1 fully saturated rings. The number of nitrogens with zero attached hydrogens (tertiary/aromatic N) is 3. The Hall–Kier alpha value is -3.10. The minimum Gasteiger partial charge on any atom is -0.376 e. The van der Waals surface area contributed by atoms with Crippen molar-refractivity contribution in [2.45, 2.75) is 32.7 Å². The molecule has 1 unspecified atom stereocenters. The van der Waals surface area contributed by atoms with Crippen LogP contribution in [0.4, 0.5) is 4.39 Å². The molecular weight excluding hydrogens is 399 g/mol. The normalized spacial score (nSPS) is 17.0. The predicted molar refractivity (Wildman–Crippen MR) is 115 cm³/mol. The molecule has 31 heavy (non-hydrogen) atoms. The number of carbonyl (C=O) groups is 1. The van der Waals surface area contributed by atoms with E-state index in [-0.39, 0.29) is 23.9 Å². The Balaban J connectivity index is 1.36. The number of ether oxygens (including phenoxy) is 1. The summed E-state index contributed by atoms with van der Waals surface area (Å²) in [4.78, 5) is 31.4. The van der Waals surface area contributed by atoms with Gasteiger partial charge in [0.05, 0.1) is 29.9 Å². The molecule has 2 heterocycles. The van der Waals surface area contributed by atoms with Crippen molar-refractivity contribution in [3.8, 4) is 0 Å². The molecule has 1 atom stereocenters. The fourth-order valence-electron chi connectivity index (χ4n) is 3.79. The van der Waals surface area contributed by atoms with Gasteiger partial charge in [-0.25, -0.2) is 9.37 Å². The number of hydrogen-bond donors (Lipinski definition) is 1. The lowest BCUT2D eigenvalue weighted by Gasteiger charge is -2.31. The van der Waals surface area contributed by atoms with Gasteiger partial charge in [0, 0.05) is 26.2 Å². The third kappa shape index (κ3) is 5.34. The lowest BCUT2D eigenvalue weighted by molar-refractivity contribution is -0.121. The molecule has 0 bridgehead atoms. The number of carbonyl (C=O) groups excluding carboxylic acids is 1. The second-order valence-electron chi connectivity index (χ2n) is 7.85. The van der Waals surface area contributed by atoms with Crippen LogP contribution in [0.3, 0.4) is 0 Å². The molecule has 0 saturated carbocycles. The molecular formula is C23H25FN4O3. The van der Waals surface area contributed by atoms with E-state index >= 15 is 0 Å². The zero-order chi connectivity index (χ0) is 21.8. The minimum atomic E-state index is -0.514. The zero-order valence-electron chi connectivity index (χ0n) is 17.4. The van der Waals surface area contributed by atoms with Gasteiger partial charge in [0.25, 0.3) is 5.56 Å². The summed E-state index contributed by atoms with van der Waals surface area (Å²) in [5.41, 5.74) is 2.12. The Bertz CT molecular complexity index is 1150. The van der Waals surface area contributed by atoms with E-state index in [9.17, 15) is 14.0 Å². The first kappa shape index (κ1) is 21.1. The molecule has 0 radical (unpaired) electrons. The number of nitrogens with one attached hydrogen (secondary N) is 1. The topological polar surface area (TPSA) is 76.5 Å². The summed E-state index contributed by atoms with van der Waals surface area (Å²) in [6, 6.07) is 11.9. The molecule has 162 valence electrons. The highest BCUT2D eigenvalue weighted by Crippen LogP contribution is 2.12. The van der Waals surface area contributed by atoms with Crippen molar-refractivity contribution < 1.29 is 13.9 Å². The maximum atomic E-state index is 13.5. The van der Waals surface area contributed by atoms with Crippen LogP contribution in [0.1, 0.15) is 18.1 Å². The van der Waals surface area contributed by atoms with Crippen LogP contribution in [0.2, 0.25) is 0 Å². The quantitative estimate of drug-likeness (QED) is 0.656. The second kappa shape index (κ2) is 9.36. The zero-order valence-corrected chi connectivity index (χ0v) is 17.4. The SMILES string of the molecule is CC1CN(Cc2cccc(CNC(=O)Cn3cnc4ccc(F)cc4c3=O)c2)CCO1. The monoisotopic (exact) mass is 424 g/mol. The number of morpholine rings is 1. The van der Waals surface area contributed by atoms with E-state index in [2.05, 4.69) is 34.3 Å². The van der Waals surface area contributed by atoms with Gasteiger partial charge in [-0.15, -0.1) is 0 Å². The van der Waals surface area contributed by atoms with Crippen molar-refractivity contribution in [2.24, 2.45) is 0 Å². The molecule has 1 aliphatic rings. The number of rotatable bonds is 6. The third-order valence-corrected chi connectivity index (χ3v) is 5.31. The largest absolute Gasteiger partial charge is 0.376 e. The van der Waals surface area contributed by atoms with Gasteiger partial charge < -0.3 is 10.1 Å². The summed E-state index contributed by atoms with van der Waals surface area (Å²) in [7, 11) is 0. The van der Waals surface area contributed by atoms with Crippen LogP contribution in [-0.2, 0) is 29.2 Å². The Labute approximate surface area is 179 Å². The van der Waals surface area contributed by atoms with E-state index in [0.717, 1.165) is 37.9 Å². The average Bonchev–Trinajstić information content (AvgIpc) is 2.75. The molecule has 4 rings (SSSR count). The van der Waals surface area contributed by atoms with Crippen LogP contribution in [0.25, 0.3) is 10.9 Å². The molecule has 8 heteroatoms. The molecule has 1 N–H and O–H groups in total. The second-order valence-corrected chi connectivity index (χ2v) is 7.85. The summed E-state index contributed by atoms with van der Waals surface area (Å²) in [6.45, 7) is 5.64. The van der Waals surface area contributed by atoms with Crippen LogP contribution in [0.15, 0.2) is 53.6 Å². The van der Waals surface area contributed by atoms with Crippen LogP contribution in [-0.4, -0.2) is 46.2 Å². The van der Waals surface area contributed by atoms with Crippen molar-refractivity contribution in [2.75, 3.05) is 19.7 Å². The van der Waals surface area contributed by atoms with Gasteiger partial charge in [0.1, 0.15) is 12.4 Å². The van der Waals surface area contributed by atoms with E-state index in [1.54, 1.807) is 0 Å². The lowest BCUT2D eigenvalue weighted by atomic mass is 10.1. The van der Waals surface area contributed by atoms with Crippen molar-refractivity contribution in [3.05, 3.63) is 76.1 Å². The number of aromatic nitrogens is 2. The van der Waals surface area contributed by atoms with E-state index in [4.69, 9.17) is 4.74 Å². The van der Waals surface area contributed by atoms with E-state index < -0.39 is 11.4 Å². The van der Waals surface area contributed by atoms with Crippen molar-refractivity contribution in [1.29, 1.82) is 0 Å². The minimum absolute atomic E-state index is 0.153. The highest BCUT2D eigenvalue weighted by Gasteiger charge is 2.16. The Morgan fingerprint density at radius 1 is 1.26 bits per heavy atom. The number of halogens is 1. The van der Waals surface area contributed by atoms with E-state index in [1.807, 2.05) is 12.1 Å². The van der Waals surface area contributed by atoms with Crippen LogP contribution >= 0.6 is 0 Å². The summed E-state index contributed by atoms with van der Waals surface area (Å²) in [5.74, 6) is -0.827. The Morgan fingerprint density at radius 3 is 2.94 bits per heavy atom. The van der Waals surface area contributed by atoms with Crippen molar-refractivity contribution in [1.82, 2.24) is 19.8 Å². The molecule has 1 aromatic heterocycles. The summed E-state index contributed by atoms with van der Waals surface area (Å²) in [6.07, 6.45) is 1.55. The molecule has 1 amide bonds. The van der Waals surface area contributed by atoms with Crippen molar-refractivity contribution in [3.63, 3.8) is 0 Å². The lowest BCUT2D eigenvalue weighted by Crippen LogP contribution is -2.40. The fourth-order valence-corrected chi connectivity index (χ4v) is 3.79. The van der Waals surface area contributed by atoms with E-state index in [1.165, 1.54) is 28.6 Å². The highest BCUT2D eigenvalue weighted by molar-refractivity contribution is 5.79. The van der Waals surface area contributed by atoms with Gasteiger partial charge >= 0.3 is 0 Å². The first-order valence-corrected chi connectivity index (χ1v) is 10.3. The standard InChI is InChI=1S/C23H25FN4O3/c1-16-12-27(7-8-31-16)13-18-4-2-3-17(9-18)11-25-22(29)14-28-15-26-21-6-5-19(24)10-20(21)23(28)30/h2-6,9-10,15-16H,7-8,11-14H2,1H3,(H,25,29). The highest BCUT2D eigenvalue weighted by atomic mass is 19.1. The molecule has 1 aliphatic heterocycles. The van der Waals surface area contributed by atoms with E-state index in [0.29, 0.717) is 12.1 Å². The summed E-state index contributed by atoms with van der Waals surface area (Å²) in [5, 5.41) is 2.99. The first-order chi connectivity index (χ1) is 15.0. The fraction of sp³-hybridized carbons (Fsp3) is 0.348. The van der Waals surface area contributed by atoms with Gasteiger partial charge in [0.15, 0.2) is 0 Å². The first-order valence-electron chi connectivity index (χ1n) is 10.3. The molecule has 7 nitrogen and oxygen atoms in total. The van der Waals surface area contributed by atoms with Gasteiger partial charge in [-0.05, 0) is 36.2 Å². The molecule has 3 aromatic rings.